The Morgan fingerprint density at radius 3 is 1.95 bits per heavy atom. The largest absolute Gasteiger partial charge is 0.480 e. The molecule has 0 heterocycles. The summed E-state index contributed by atoms with van der Waals surface area (Å²) in [4.78, 5) is 54.8. The number of nitrogens with zero attached hydrogens (tertiary/aromatic N) is 1. The van der Waals surface area contributed by atoms with Gasteiger partial charge in [-0.25, -0.2) is 4.79 Å². The van der Waals surface area contributed by atoms with Crippen LogP contribution in [0.4, 0.5) is 0 Å². The Bertz CT molecular complexity index is 949. The first-order valence-electron chi connectivity index (χ1n) is 12.8. The lowest BCUT2D eigenvalue weighted by molar-refractivity contribution is -0.142. The minimum Gasteiger partial charge on any atom is -0.480 e. The van der Waals surface area contributed by atoms with Crippen LogP contribution in [0.3, 0.4) is 0 Å². The molecule has 12 heteroatoms. The van der Waals surface area contributed by atoms with Crippen LogP contribution in [-0.4, -0.2) is 65.5 Å². The molecule has 1 rings (SSSR count). The highest BCUT2D eigenvalue weighted by Crippen LogP contribution is 2.09. The summed E-state index contributed by atoms with van der Waals surface area (Å²) in [6.07, 6.45) is 0.859. The van der Waals surface area contributed by atoms with E-state index in [4.69, 9.17) is 17.2 Å². The van der Waals surface area contributed by atoms with Crippen molar-refractivity contribution in [2.24, 2.45) is 34.0 Å². The quantitative estimate of drug-likeness (QED) is 0.0859. The Morgan fingerprint density at radius 1 is 0.868 bits per heavy atom. The van der Waals surface area contributed by atoms with Crippen molar-refractivity contribution in [3.05, 3.63) is 35.9 Å². The summed E-state index contributed by atoms with van der Waals surface area (Å²) in [5.41, 5.74) is 17.5. The first-order chi connectivity index (χ1) is 17.8. The molecule has 212 valence electrons. The second-order valence-corrected chi connectivity index (χ2v) is 10.1. The van der Waals surface area contributed by atoms with Gasteiger partial charge in [-0.3, -0.25) is 19.4 Å². The normalized spacial score (nSPS) is 14.2. The van der Waals surface area contributed by atoms with E-state index in [1.165, 1.54) is 0 Å². The number of guanidine groups is 1. The molecule has 12 nitrogen and oxygen atoms in total. The van der Waals surface area contributed by atoms with Gasteiger partial charge in [0.15, 0.2) is 5.96 Å². The lowest BCUT2D eigenvalue weighted by Crippen LogP contribution is -2.58. The lowest BCUT2D eigenvalue weighted by Gasteiger charge is -2.26. The van der Waals surface area contributed by atoms with Crippen LogP contribution in [0.1, 0.15) is 52.5 Å². The van der Waals surface area contributed by atoms with E-state index < -0.39 is 47.9 Å². The van der Waals surface area contributed by atoms with Crippen LogP contribution in [0.15, 0.2) is 35.3 Å². The molecule has 38 heavy (non-hydrogen) atoms. The van der Waals surface area contributed by atoms with Crippen molar-refractivity contribution >= 4 is 29.7 Å². The van der Waals surface area contributed by atoms with E-state index in [0.29, 0.717) is 6.42 Å². The maximum absolute atomic E-state index is 13.4. The van der Waals surface area contributed by atoms with Crippen LogP contribution in [0, 0.1) is 11.8 Å². The highest BCUT2D eigenvalue weighted by atomic mass is 16.4. The SMILES string of the molecule is CC(C)CC(NC(=O)C(CCCN=C(N)N)NC(=O)C(Cc1ccccc1)NC(=O)C(N)C(C)C)C(=O)O. The molecular formula is C26H43N7O5. The Hall–Kier alpha value is -3.67. The van der Waals surface area contributed by atoms with Gasteiger partial charge in [0.1, 0.15) is 18.1 Å². The molecule has 4 unspecified atom stereocenters. The van der Waals surface area contributed by atoms with Gasteiger partial charge in [0, 0.05) is 13.0 Å². The number of amides is 3. The van der Waals surface area contributed by atoms with Crippen LogP contribution < -0.4 is 33.2 Å². The third-order valence-electron chi connectivity index (χ3n) is 5.84. The average molecular weight is 534 g/mol. The molecular weight excluding hydrogens is 490 g/mol. The van der Waals surface area contributed by atoms with Crippen molar-refractivity contribution in [1.29, 1.82) is 0 Å². The predicted octanol–water partition coefficient (Wildman–Crippen LogP) is -0.149. The Morgan fingerprint density at radius 2 is 1.42 bits per heavy atom. The van der Waals surface area contributed by atoms with E-state index in [1.54, 1.807) is 13.8 Å². The molecule has 1 aromatic carbocycles. The number of benzene rings is 1. The second kappa shape index (κ2) is 16.2. The van der Waals surface area contributed by atoms with Crippen molar-refractivity contribution in [2.75, 3.05) is 6.54 Å². The number of carboxylic acid groups (broad SMARTS) is 1. The summed E-state index contributed by atoms with van der Waals surface area (Å²) in [6.45, 7) is 7.49. The summed E-state index contributed by atoms with van der Waals surface area (Å²) in [5, 5.41) is 17.5. The summed E-state index contributed by atoms with van der Waals surface area (Å²) in [7, 11) is 0. The third kappa shape index (κ3) is 12.0. The lowest BCUT2D eigenvalue weighted by atomic mass is 10.0. The van der Waals surface area contributed by atoms with Crippen LogP contribution >= 0.6 is 0 Å². The van der Waals surface area contributed by atoms with Crippen molar-refractivity contribution in [3.8, 4) is 0 Å². The number of aliphatic carboxylic acids is 1. The number of hydrogen-bond donors (Lipinski definition) is 7. The monoisotopic (exact) mass is 533 g/mol. The number of rotatable bonds is 16. The van der Waals surface area contributed by atoms with Gasteiger partial charge in [-0.2, -0.15) is 0 Å². The number of nitrogens with one attached hydrogen (secondary N) is 3. The molecule has 0 bridgehead atoms. The molecule has 0 aliphatic carbocycles. The summed E-state index contributed by atoms with van der Waals surface area (Å²) < 4.78 is 0. The molecule has 0 aliphatic heterocycles. The van der Waals surface area contributed by atoms with E-state index in [-0.39, 0.29) is 43.6 Å². The fraction of sp³-hybridized carbons (Fsp3) is 0.577. The molecule has 3 amide bonds. The first-order valence-corrected chi connectivity index (χ1v) is 12.8. The summed E-state index contributed by atoms with van der Waals surface area (Å²) in [6, 6.07) is 5.04. The highest BCUT2D eigenvalue weighted by Gasteiger charge is 2.31. The van der Waals surface area contributed by atoms with E-state index in [0.717, 1.165) is 5.56 Å². The molecule has 0 fully saturated rings. The molecule has 1 aromatic rings. The van der Waals surface area contributed by atoms with Crippen LogP contribution in [-0.2, 0) is 25.6 Å². The fourth-order valence-corrected chi connectivity index (χ4v) is 3.64. The van der Waals surface area contributed by atoms with Gasteiger partial charge in [-0.15, -0.1) is 0 Å². The van der Waals surface area contributed by atoms with Crippen molar-refractivity contribution in [2.45, 2.75) is 77.5 Å². The third-order valence-corrected chi connectivity index (χ3v) is 5.84. The van der Waals surface area contributed by atoms with E-state index in [1.807, 2.05) is 44.2 Å². The Kier molecular flexibility index (Phi) is 13.8. The Balaban J connectivity index is 3.15. The summed E-state index contributed by atoms with van der Waals surface area (Å²) in [5.74, 6) is -3.16. The summed E-state index contributed by atoms with van der Waals surface area (Å²) >= 11 is 0. The molecule has 4 atom stereocenters. The highest BCUT2D eigenvalue weighted by molar-refractivity contribution is 5.94. The number of carbonyl (C=O) groups excluding carboxylic acids is 3. The van der Waals surface area contributed by atoms with Gasteiger partial charge in [0.05, 0.1) is 6.04 Å². The molecule has 10 N–H and O–H groups in total. The number of hydrogen-bond acceptors (Lipinski definition) is 6. The molecule has 0 spiro atoms. The van der Waals surface area contributed by atoms with Gasteiger partial charge in [0.2, 0.25) is 17.7 Å². The molecule has 0 aliphatic rings. The first kappa shape index (κ1) is 32.4. The van der Waals surface area contributed by atoms with Crippen molar-refractivity contribution < 1.29 is 24.3 Å². The maximum Gasteiger partial charge on any atom is 0.326 e. The van der Waals surface area contributed by atoms with E-state index in [9.17, 15) is 24.3 Å². The van der Waals surface area contributed by atoms with Gasteiger partial charge in [-0.05, 0) is 36.7 Å². The number of carboxylic acids is 1. The van der Waals surface area contributed by atoms with Crippen LogP contribution in [0.5, 0.6) is 0 Å². The molecule has 0 aromatic heterocycles. The topological polar surface area (TPSA) is 215 Å². The standard InChI is InChI=1S/C26H43N7O5/c1-15(2)13-20(25(37)38)33-22(34)18(11-8-12-30-26(28)29)31-23(35)19(14-17-9-6-5-7-10-17)32-24(36)21(27)16(3)4/h5-7,9-10,15-16,18-21H,8,11-14,27H2,1-4H3,(H,31,35)(H,32,36)(H,33,34)(H,37,38)(H4,28,29,30). The van der Waals surface area contributed by atoms with Gasteiger partial charge in [0.25, 0.3) is 0 Å². The average Bonchev–Trinajstić information content (AvgIpc) is 2.84. The van der Waals surface area contributed by atoms with Gasteiger partial charge >= 0.3 is 5.97 Å². The molecule has 0 radical (unpaired) electrons. The maximum atomic E-state index is 13.4. The number of aliphatic imine (C=N–C) groups is 1. The predicted molar refractivity (Wildman–Crippen MR) is 146 cm³/mol. The zero-order valence-electron chi connectivity index (χ0n) is 22.6. The zero-order chi connectivity index (χ0) is 28.8. The van der Waals surface area contributed by atoms with Gasteiger partial charge in [-0.1, -0.05) is 58.0 Å². The van der Waals surface area contributed by atoms with E-state index >= 15 is 0 Å². The minimum atomic E-state index is -1.17. The number of nitrogens with two attached hydrogens (primary N) is 3. The number of carbonyl (C=O) groups is 4. The minimum absolute atomic E-state index is 0.0157. The fourth-order valence-electron chi connectivity index (χ4n) is 3.64. The van der Waals surface area contributed by atoms with Crippen LogP contribution in [0.25, 0.3) is 0 Å². The molecule has 0 saturated heterocycles. The second-order valence-electron chi connectivity index (χ2n) is 10.1. The van der Waals surface area contributed by atoms with Crippen molar-refractivity contribution in [1.82, 2.24) is 16.0 Å². The van der Waals surface area contributed by atoms with Crippen LogP contribution in [0.2, 0.25) is 0 Å². The molecule has 0 saturated carbocycles. The smallest absolute Gasteiger partial charge is 0.326 e. The zero-order valence-corrected chi connectivity index (χ0v) is 22.6. The van der Waals surface area contributed by atoms with E-state index in [2.05, 4.69) is 20.9 Å². The Labute approximate surface area is 224 Å². The van der Waals surface area contributed by atoms with Gasteiger partial charge < -0.3 is 38.3 Å². The van der Waals surface area contributed by atoms with Crippen molar-refractivity contribution in [3.63, 3.8) is 0 Å².